The maximum absolute atomic E-state index is 12.4. The van der Waals surface area contributed by atoms with Crippen molar-refractivity contribution >= 4 is 23.2 Å². The van der Waals surface area contributed by atoms with Crippen LogP contribution < -0.4 is 5.32 Å². The Morgan fingerprint density at radius 3 is 2.64 bits per heavy atom. The highest BCUT2D eigenvalue weighted by molar-refractivity contribution is 5.96. The molecule has 0 aliphatic carbocycles. The molecular formula is C16H22N4O5. The summed E-state index contributed by atoms with van der Waals surface area (Å²) in [6.07, 6.45) is 0. The average molecular weight is 350 g/mol. The number of anilines is 1. The summed E-state index contributed by atoms with van der Waals surface area (Å²) in [6.45, 7) is 3.86. The number of morpholine rings is 1. The van der Waals surface area contributed by atoms with Gasteiger partial charge in [0.2, 0.25) is 11.8 Å². The molecular weight excluding hydrogens is 328 g/mol. The van der Waals surface area contributed by atoms with E-state index in [9.17, 15) is 19.7 Å². The fourth-order valence-electron chi connectivity index (χ4n) is 2.44. The van der Waals surface area contributed by atoms with E-state index in [2.05, 4.69) is 5.32 Å². The van der Waals surface area contributed by atoms with Crippen LogP contribution in [0.4, 0.5) is 11.4 Å². The van der Waals surface area contributed by atoms with E-state index in [1.54, 1.807) is 29.8 Å². The molecule has 1 aromatic carbocycles. The van der Waals surface area contributed by atoms with Crippen LogP contribution in [0.2, 0.25) is 0 Å². The van der Waals surface area contributed by atoms with Crippen molar-refractivity contribution < 1.29 is 19.2 Å². The van der Waals surface area contributed by atoms with E-state index in [4.69, 9.17) is 4.74 Å². The van der Waals surface area contributed by atoms with Crippen molar-refractivity contribution in [3.63, 3.8) is 0 Å². The number of para-hydroxylation sites is 2. The fourth-order valence-corrected chi connectivity index (χ4v) is 2.44. The van der Waals surface area contributed by atoms with Crippen molar-refractivity contribution in [3.05, 3.63) is 34.4 Å². The van der Waals surface area contributed by atoms with E-state index < -0.39 is 16.9 Å². The van der Waals surface area contributed by atoms with Crippen molar-refractivity contribution in [2.45, 2.75) is 13.0 Å². The minimum atomic E-state index is -0.621. The third kappa shape index (κ3) is 4.97. The number of hydrogen-bond donors (Lipinski definition) is 1. The average Bonchev–Trinajstić information content (AvgIpc) is 2.61. The lowest BCUT2D eigenvalue weighted by molar-refractivity contribution is -0.383. The maximum atomic E-state index is 12.4. The van der Waals surface area contributed by atoms with Crippen molar-refractivity contribution in [3.8, 4) is 0 Å². The molecule has 1 atom stereocenters. The van der Waals surface area contributed by atoms with Crippen molar-refractivity contribution in [1.29, 1.82) is 0 Å². The second kappa shape index (κ2) is 8.54. The van der Waals surface area contributed by atoms with Gasteiger partial charge in [0, 0.05) is 19.2 Å². The molecule has 0 aromatic heterocycles. The first-order valence-electron chi connectivity index (χ1n) is 8.00. The van der Waals surface area contributed by atoms with Crippen molar-refractivity contribution in [2.75, 3.05) is 45.2 Å². The monoisotopic (exact) mass is 350 g/mol. The van der Waals surface area contributed by atoms with Gasteiger partial charge in [-0.15, -0.1) is 0 Å². The minimum Gasteiger partial charge on any atom is -0.378 e. The van der Waals surface area contributed by atoms with E-state index in [1.807, 2.05) is 0 Å². The zero-order chi connectivity index (χ0) is 18.4. The Kier molecular flexibility index (Phi) is 6.43. The van der Waals surface area contributed by atoms with E-state index in [0.717, 1.165) is 0 Å². The van der Waals surface area contributed by atoms with Gasteiger partial charge < -0.3 is 15.0 Å². The van der Waals surface area contributed by atoms with Crippen LogP contribution in [0.25, 0.3) is 0 Å². The van der Waals surface area contributed by atoms with Crippen LogP contribution in [0.3, 0.4) is 0 Å². The SMILES string of the molecule is C[C@H](C(=O)Nc1ccccc1[N+](=O)[O-])N(C)CC(=O)N1CCOCC1. The molecule has 0 bridgehead atoms. The highest BCUT2D eigenvalue weighted by Gasteiger charge is 2.25. The van der Waals surface area contributed by atoms with E-state index in [1.165, 1.54) is 18.2 Å². The summed E-state index contributed by atoms with van der Waals surface area (Å²) in [5.41, 5.74) is -0.0349. The molecule has 1 heterocycles. The number of likely N-dealkylation sites (N-methyl/N-ethyl adjacent to an activating group) is 1. The zero-order valence-corrected chi connectivity index (χ0v) is 14.3. The van der Waals surface area contributed by atoms with E-state index in [0.29, 0.717) is 26.3 Å². The molecule has 0 saturated carbocycles. The smallest absolute Gasteiger partial charge is 0.292 e. The lowest BCUT2D eigenvalue weighted by atomic mass is 10.2. The number of nitrogens with zero attached hydrogens (tertiary/aromatic N) is 3. The number of amides is 2. The summed E-state index contributed by atoms with van der Waals surface area (Å²) >= 11 is 0. The van der Waals surface area contributed by atoms with Gasteiger partial charge in [0.1, 0.15) is 5.69 Å². The zero-order valence-electron chi connectivity index (χ0n) is 14.3. The molecule has 9 nitrogen and oxygen atoms in total. The second-order valence-electron chi connectivity index (χ2n) is 5.85. The van der Waals surface area contributed by atoms with Crippen LogP contribution in [-0.4, -0.2) is 72.5 Å². The molecule has 2 amide bonds. The number of nitro groups is 1. The highest BCUT2D eigenvalue weighted by atomic mass is 16.6. The van der Waals surface area contributed by atoms with Crippen molar-refractivity contribution in [1.82, 2.24) is 9.80 Å². The molecule has 2 rings (SSSR count). The van der Waals surface area contributed by atoms with Crippen LogP contribution in [0, 0.1) is 10.1 Å². The number of rotatable bonds is 6. The Bertz CT molecular complexity index is 645. The molecule has 1 aliphatic rings. The number of nitrogens with one attached hydrogen (secondary N) is 1. The van der Waals surface area contributed by atoms with Crippen LogP contribution in [0.15, 0.2) is 24.3 Å². The number of ether oxygens (including phenoxy) is 1. The van der Waals surface area contributed by atoms with Gasteiger partial charge in [-0.3, -0.25) is 24.6 Å². The van der Waals surface area contributed by atoms with Crippen LogP contribution >= 0.6 is 0 Å². The molecule has 25 heavy (non-hydrogen) atoms. The first-order chi connectivity index (χ1) is 11.9. The molecule has 1 N–H and O–H groups in total. The molecule has 136 valence electrons. The standard InChI is InChI=1S/C16H22N4O5/c1-12(18(2)11-15(21)19-7-9-25-10-8-19)16(22)17-13-5-3-4-6-14(13)20(23)24/h3-6,12H,7-11H2,1-2H3,(H,17,22)/t12-/m1/s1. The number of benzene rings is 1. The number of carbonyl (C=O) groups excluding carboxylic acids is 2. The normalized spacial score (nSPS) is 15.7. The van der Waals surface area contributed by atoms with Crippen LogP contribution in [0.1, 0.15) is 6.92 Å². The predicted molar refractivity (Wildman–Crippen MR) is 91.2 cm³/mol. The third-order valence-electron chi connectivity index (χ3n) is 4.15. The number of nitro benzene ring substituents is 1. The Labute approximate surface area is 145 Å². The van der Waals surface area contributed by atoms with Gasteiger partial charge >= 0.3 is 0 Å². The molecule has 1 saturated heterocycles. The van der Waals surface area contributed by atoms with Crippen LogP contribution in [0.5, 0.6) is 0 Å². The second-order valence-corrected chi connectivity index (χ2v) is 5.85. The quantitative estimate of drug-likeness (QED) is 0.598. The van der Waals surface area contributed by atoms with E-state index in [-0.39, 0.29) is 23.8 Å². The van der Waals surface area contributed by atoms with Gasteiger partial charge in [-0.05, 0) is 20.0 Å². The maximum Gasteiger partial charge on any atom is 0.292 e. The largest absolute Gasteiger partial charge is 0.378 e. The lowest BCUT2D eigenvalue weighted by Crippen LogP contribution is -2.48. The molecule has 0 radical (unpaired) electrons. The molecule has 0 unspecified atom stereocenters. The first-order valence-corrected chi connectivity index (χ1v) is 8.00. The Morgan fingerprint density at radius 1 is 1.36 bits per heavy atom. The summed E-state index contributed by atoms with van der Waals surface area (Å²) in [5.74, 6) is -0.484. The molecule has 1 aromatic rings. The summed E-state index contributed by atoms with van der Waals surface area (Å²) in [6, 6.07) is 5.32. The summed E-state index contributed by atoms with van der Waals surface area (Å²) in [7, 11) is 1.67. The summed E-state index contributed by atoms with van der Waals surface area (Å²) in [4.78, 5) is 38.4. The fraction of sp³-hybridized carbons (Fsp3) is 0.500. The molecule has 1 fully saturated rings. The van der Waals surface area contributed by atoms with Gasteiger partial charge in [0.15, 0.2) is 0 Å². The van der Waals surface area contributed by atoms with Gasteiger partial charge in [-0.1, -0.05) is 12.1 Å². The van der Waals surface area contributed by atoms with Gasteiger partial charge in [0.05, 0.1) is 30.7 Å². The number of carbonyl (C=O) groups is 2. The lowest BCUT2D eigenvalue weighted by Gasteiger charge is -2.30. The summed E-state index contributed by atoms with van der Waals surface area (Å²) in [5, 5.41) is 13.6. The van der Waals surface area contributed by atoms with Gasteiger partial charge in [0.25, 0.3) is 5.69 Å². The van der Waals surface area contributed by atoms with E-state index >= 15 is 0 Å². The Hall–Kier alpha value is -2.52. The molecule has 1 aliphatic heterocycles. The minimum absolute atomic E-state index is 0.0730. The number of hydrogen-bond acceptors (Lipinski definition) is 6. The van der Waals surface area contributed by atoms with Gasteiger partial charge in [-0.2, -0.15) is 0 Å². The highest BCUT2D eigenvalue weighted by Crippen LogP contribution is 2.23. The van der Waals surface area contributed by atoms with Crippen LogP contribution in [-0.2, 0) is 14.3 Å². The Morgan fingerprint density at radius 2 is 2.00 bits per heavy atom. The Balaban J connectivity index is 1.94. The predicted octanol–water partition coefficient (Wildman–Crippen LogP) is 0.712. The molecule has 9 heteroatoms. The van der Waals surface area contributed by atoms with Crippen molar-refractivity contribution in [2.24, 2.45) is 0 Å². The first kappa shape index (κ1) is 18.8. The third-order valence-corrected chi connectivity index (χ3v) is 4.15. The summed E-state index contributed by atoms with van der Waals surface area (Å²) < 4.78 is 5.21. The van der Waals surface area contributed by atoms with Gasteiger partial charge in [-0.25, -0.2) is 0 Å². The molecule has 0 spiro atoms. The topological polar surface area (TPSA) is 105 Å².